The molecule has 0 aromatic rings. The lowest BCUT2D eigenvalue weighted by molar-refractivity contribution is -0.151. The number of carbonyl (C=O) groups excluding carboxylic acids is 1. The molecule has 2 atom stereocenters. The minimum Gasteiger partial charge on any atom is -0.468 e. The molecule has 19 heavy (non-hydrogen) atoms. The van der Waals surface area contributed by atoms with Gasteiger partial charge in [0.25, 0.3) is 0 Å². The first-order valence-electron chi connectivity index (χ1n) is 7.39. The van der Waals surface area contributed by atoms with Gasteiger partial charge in [-0.15, -0.1) is 0 Å². The number of esters is 1. The topological polar surface area (TPSA) is 41.6 Å². The van der Waals surface area contributed by atoms with E-state index in [9.17, 15) is 4.79 Å². The maximum absolute atomic E-state index is 12.2. The standard InChI is InChI=1S/C15H30N2O2/c1-12(2)13-7-6-8-15(11-13,14(18)19-5)16-9-10-17(3)4/h12-13,16H,6-11H2,1-5H3. The maximum atomic E-state index is 12.2. The number of methoxy groups -OCH3 is 1. The molecule has 0 bridgehead atoms. The van der Waals surface area contributed by atoms with E-state index < -0.39 is 5.54 Å². The molecule has 2 unspecified atom stereocenters. The Kier molecular flexibility index (Phi) is 6.27. The summed E-state index contributed by atoms with van der Waals surface area (Å²) in [5, 5.41) is 3.49. The molecule has 1 aliphatic carbocycles. The zero-order chi connectivity index (χ0) is 14.5. The Hall–Kier alpha value is -0.610. The van der Waals surface area contributed by atoms with Crippen molar-refractivity contribution in [3.8, 4) is 0 Å². The molecule has 0 aromatic carbocycles. The van der Waals surface area contributed by atoms with Crippen LogP contribution in [0.4, 0.5) is 0 Å². The number of hydrogen-bond donors (Lipinski definition) is 1. The predicted octanol–water partition coefficient (Wildman–Crippen LogP) is 1.90. The van der Waals surface area contributed by atoms with Crippen molar-refractivity contribution >= 4 is 5.97 Å². The Morgan fingerprint density at radius 3 is 2.68 bits per heavy atom. The minimum atomic E-state index is -0.460. The molecule has 0 aromatic heterocycles. The molecule has 4 heteroatoms. The lowest BCUT2D eigenvalue weighted by Gasteiger charge is -2.41. The summed E-state index contributed by atoms with van der Waals surface area (Å²) in [5.41, 5.74) is -0.460. The monoisotopic (exact) mass is 270 g/mol. The summed E-state index contributed by atoms with van der Waals surface area (Å²) < 4.78 is 5.06. The summed E-state index contributed by atoms with van der Waals surface area (Å²) in [6.45, 7) is 6.26. The smallest absolute Gasteiger partial charge is 0.326 e. The normalized spacial score (nSPS) is 27.8. The van der Waals surface area contributed by atoms with Gasteiger partial charge in [0.1, 0.15) is 5.54 Å². The van der Waals surface area contributed by atoms with Gasteiger partial charge in [-0.3, -0.25) is 4.79 Å². The van der Waals surface area contributed by atoms with Crippen LogP contribution in [-0.4, -0.2) is 50.7 Å². The molecular weight excluding hydrogens is 240 g/mol. The van der Waals surface area contributed by atoms with Crippen molar-refractivity contribution < 1.29 is 9.53 Å². The number of rotatable bonds is 6. The quantitative estimate of drug-likeness (QED) is 0.749. The van der Waals surface area contributed by atoms with Crippen LogP contribution in [-0.2, 0) is 9.53 Å². The number of carbonyl (C=O) groups is 1. The van der Waals surface area contributed by atoms with E-state index in [0.29, 0.717) is 11.8 Å². The average molecular weight is 270 g/mol. The van der Waals surface area contributed by atoms with Gasteiger partial charge in [-0.25, -0.2) is 0 Å². The fourth-order valence-corrected chi connectivity index (χ4v) is 3.02. The van der Waals surface area contributed by atoms with E-state index in [2.05, 4.69) is 24.1 Å². The minimum absolute atomic E-state index is 0.0865. The highest BCUT2D eigenvalue weighted by Gasteiger charge is 2.43. The Labute approximate surface area is 117 Å². The van der Waals surface area contributed by atoms with Crippen LogP contribution in [0.2, 0.25) is 0 Å². The molecule has 1 saturated carbocycles. The largest absolute Gasteiger partial charge is 0.468 e. The second kappa shape index (κ2) is 7.25. The molecule has 0 spiro atoms. The van der Waals surface area contributed by atoms with E-state index in [1.807, 2.05) is 14.1 Å². The summed E-state index contributed by atoms with van der Waals surface area (Å²) >= 11 is 0. The highest BCUT2D eigenvalue weighted by molar-refractivity contribution is 5.81. The van der Waals surface area contributed by atoms with Crippen molar-refractivity contribution in [1.82, 2.24) is 10.2 Å². The summed E-state index contributed by atoms with van der Waals surface area (Å²) in [6.07, 6.45) is 4.14. The fourth-order valence-electron chi connectivity index (χ4n) is 3.02. The van der Waals surface area contributed by atoms with Gasteiger partial charge in [0.2, 0.25) is 0 Å². The number of hydrogen-bond acceptors (Lipinski definition) is 4. The number of nitrogens with one attached hydrogen (secondary N) is 1. The first-order chi connectivity index (χ1) is 8.91. The highest BCUT2D eigenvalue weighted by Crippen LogP contribution is 2.37. The molecule has 112 valence electrons. The molecule has 0 saturated heterocycles. The van der Waals surface area contributed by atoms with Crippen LogP contribution in [0.25, 0.3) is 0 Å². The lowest BCUT2D eigenvalue weighted by atomic mass is 9.71. The van der Waals surface area contributed by atoms with Gasteiger partial charge in [0.15, 0.2) is 0 Å². The van der Waals surface area contributed by atoms with Crippen molar-refractivity contribution in [2.24, 2.45) is 11.8 Å². The van der Waals surface area contributed by atoms with Crippen LogP contribution in [0.15, 0.2) is 0 Å². The molecule has 0 amide bonds. The van der Waals surface area contributed by atoms with Gasteiger partial charge in [-0.1, -0.05) is 26.7 Å². The van der Waals surface area contributed by atoms with Crippen LogP contribution < -0.4 is 5.32 Å². The maximum Gasteiger partial charge on any atom is 0.326 e. The molecular formula is C15H30N2O2. The Balaban J connectivity index is 2.72. The summed E-state index contributed by atoms with van der Waals surface area (Å²) in [7, 11) is 5.59. The molecule has 1 fully saturated rings. The van der Waals surface area contributed by atoms with E-state index in [-0.39, 0.29) is 5.97 Å². The van der Waals surface area contributed by atoms with Gasteiger partial charge in [0, 0.05) is 13.1 Å². The number of likely N-dealkylation sites (N-methyl/N-ethyl adjacent to an activating group) is 1. The van der Waals surface area contributed by atoms with Gasteiger partial charge in [-0.05, 0) is 38.8 Å². The van der Waals surface area contributed by atoms with E-state index in [1.54, 1.807) is 0 Å². The van der Waals surface area contributed by atoms with Gasteiger partial charge in [0.05, 0.1) is 7.11 Å². The molecule has 4 nitrogen and oxygen atoms in total. The van der Waals surface area contributed by atoms with Crippen LogP contribution in [0.3, 0.4) is 0 Å². The van der Waals surface area contributed by atoms with Crippen LogP contribution >= 0.6 is 0 Å². The van der Waals surface area contributed by atoms with Crippen molar-refractivity contribution in [3.63, 3.8) is 0 Å². The van der Waals surface area contributed by atoms with Crippen LogP contribution in [0.1, 0.15) is 39.5 Å². The van der Waals surface area contributed by atoms with Crippen molar-refractivity contribution in [1.29, 1.82) is 0 Å². The third-order valence-electron chi connectivity index (χ3n) is 4.33. The second-order valence-electron chi connectivity index (χ2n) is 6.40. The van der Waals surface area contributed by atoms with Crippen molar-refractivity contribution in [2.75, 3.05) is 34.3 Å². The van der Waals surface area contributed by atoms with Gasteiger partial charge >= 0.3 is 5.97 Å². The number of ether oxygens (including phenoxy) is 1. The van der Waals surface area contributed by atoms with Crippen molar-refractivity contribution in [3.05, 3.63) is 0 Å². The summed E-state index contributed by atoms with van der Waals surface area (Å²) in [5.74, 6) is 1.15. The second-order valence-corrected chi connectivity index (χ2v) is 6.40. The zero-order valence-electron chi connectivity index (χ0n) is 13.2. The number of nitrogens with zero attached hydrogens (tertiary/aromatic N) is 1. The molecule has 0 radical (unpaired) electrons. The van der Waals surface area contributed by atoms with E-state index in [0.717, 1.165) is 32.4 Å². The molecule has 1 N–H and O–H groups in total. The summed E-state index contributed by atoms with van der Waals surface area (Å²) in [6, 6.07) is 0. The Morgan fingerprint density at radius 2 is 2.16 bits per heavy atom. The van der Waals surface area contributed by atoms with E-state index in [4.69, 9.17) is 4.74 Å². The SMILES string of the molecule is COC(=O)C1(NCCN(C)C)CCCC(C(C)C)C1. The van der Waals surface area contributed by atoms with Crippen LogP contribution in [0.5, 0.6) is 0 Å². The molecule has 0 heterocycles. The summed E-state index contributed by atoms with van der Waals surface area (Å²) in [4.78, 5) is 14.4. The predicted molar refractivity (Wildman–Crippen MR) is 78.1 cm³/mol. The first kappa shape index (κ1) is 16.4. The molecule has 0 aliphatic heterocycles. The third-order valence-corrected chi connectivity index (χ3v) is 4.33. The van der Waals surface area contributed by atoms with Gasteiger partial charge in [-0.2, -0.15) is 0 Å². The third kappa shape index (κ3) is 4.46. The highest BCUT2D eigenvalue weighted by atomic mass is 16.5. The molecule has 1 aliphatic rings. The lowest BCUT2D eigenvalue weighted by Crippen LogP contribution is -2.57. The fraction of sp³-hybridized carbons (Fsp3) is 0.933. The average Bonchev–Trinajstić information content (AvgIpc) is 2.37. The first-order valence-corrected chi connectivity index (χ1v) is 7.39. The molecule has 1 rings (SSSR count). The van der Waals surface area contributed by atoms with E-state index in [1.165, 1.54) is 13.5 Å². The Morgan fingerprint density at radius 1 is 1.47 bits per heavy atom. The van der Waals surface area contributed by atoms with Gasteiger partial charge < -0.3 is 15.0 Å². The van der Waals surface area contributed by atoms with E-state index >= 15 is 0 Å². The van der Waals surface area contributed by atoms with Crippen LogP contribution in [0, 0.1) is 11.8 Å². The zero-order valence-corrected chi connectivity index (χ0v) is 13.2. The van der Waals surface area contributed by atoms with Crippen molar-refractivity contribution in [2.45, 2.75) is 45.1 Å². The Bertz CT molecular complexity index is 292.